The highest BCUT2D eigenvalue weighted by atomic mass is 16.5. The van der Waals surface area contributed by atoms with Crippen molar-refractivity contribution in [3.8, 4) is 0 Å². The van der Waals surface area contributed by atoms with Crippen molar-refractivity contribution in [3.05, 3.63) is 48.6 Å². The van der Waals surface area contributed by atoms with Crippen molar-refractivity contribution < 1.29 is 9.53 Å². The van der Waals surface area contributed by atoms with Crippen LogP contribution in [0.5, 0.6) is 0 Å². The maximum absolute atomic E-state index is 13.4. The highest BCUT2D eigenvalue weighted by molar-refractivity contribution is 5.83. The van der Waals surface area contributed by atoms with Gasteiger partial charge >= 0.3 is 5.97 Å². The summed E-state index contributed by atoms with van der Waals surface area (Å²) in [5, 5.41) is 3.22. The molecule has 0 bridgehead atoms. The van der Waals surface area contributed by atoms with E-state index in [2.05, 4.69) is 24.0 Å². The number of nitrogens with one attached hydrogen (secondary N) is 1. The SMILES string of the molecule is C=CC1C[C@H](OC(=O)C2(c3ccccc3)CCCCCC2)C1CCNC. The number of hydrogen-bond acceptors (Lipinski definition) is 3. The van der Waals surface area contributed by atoms with E-state index in [0.717, 1.165) is 50.6 Å². The fraction of sp³-hybridized carbons (Fsp3) is 0.609. The molecule has 0 spiro atoms. The molecule has 0 saturated heterocycles. The Labute approximate surface area is 158 Å². The molecule has 0 heterocycles. The molecular weight excluding hydrogens is 322 g/mol. The van der Waals surface area contributed by atoms with Crippen LogP contribution in [0.3, 0.4) is 0 Å². The normalized spacial score (nSPS) is 27.8. The molecular formula is C23H33NO2. The average Bonchev–Trinajstić information content (AvgIpc) is 2.92. The van der Waals surface area contributed by atoms with Crippen LogP contribution in [0.25, 0.3) is 0 Å². The zero-order valence-electron chi connectivity index (χ0n) is 16.1. The minimum absolute atomic E-state index is 0.00701. The molecule has 0 radical (unpaired) electrons. The van der Waals surface area contributed by atoms with Gasteiger partial charge in [0.1, 0.15) is 6.10 Å². The van der Waals surface area contributed by atoms with Crippen molar-refractivity contribution in [1.82, 2.24) is 5.32 Å². The van der Waals surface area contributed by atoms with Crippen LogP contribution < -0.4 is 5.32 Å². The number of carbonyl (C=O) groups is 1. The number of benzene rings is 1. The predicted octanol–water partition coefficient (Wildman–Crippen LogP) is 4.62. The summed E-state index contributed by atoms with van der Waals surface area (Å²) in [6.07, 6.45) is 10.5. The third-order valence-electron chi connectivity index (χ3n) is 6.50. The molecule has 0 amide bonds. The lowest BCUT2D eigenvalue weighted by molar-refractivity contribution is -0.169. The Balaban J connectivity index is 1.77. The monoisotopic (exact) mass is 355 g/mol. The lowest BCUT2D eigenvalue weighted by atomic mass is 9.68. The highest BCUT2D eigenvalue weighted by Gasteiger charge is 2.47. The van der Waals surface area contributed by atoms with E-state index in [0.29, 0.717) is 11.8 Å². The van der Waals surface area contributed by atoms with Gasteiger partial charge < -0.3 is 10.1 Å². The molecule has 3 atom stereocenters. The number of hydrogen-bond donors (Lipinski definition) is 1. The topological polar surface area (TPSA) is 38.3 Å². The number of esters is 1. The minimum atomic E-state index is -0.454. The second kappa shape index (κ2) is 8.85. The third-order valence-corrected chi connectivity index (χ3v) is 6.50. The van der Waals surface area contributed by atoms with Crippen LogP contribution in [0, 0.1) is 11.8 Å². The molecule has 2 fully saturated rings. The van der Waals surface area contributed by atoms with E-state index in [9.17, 15) is 4.79 Å². The Morgan fingerprint density at radius 2 is 1.92 bits per heavy atom. The van der Waals surface area contributed by atoms with Gasteiger partial charge in [0.2, 0.25) is 0 Å². The average molecular weight is 356 g/mol. The number of carbonyl (C=O) groups excluding carboxylic acids is 1. The van der Waals surface area contributed by atoms with E-state index in [4.69, 9.17) is 4.74 Å². The fourth-order valence-electron chi connectivity index (χ4n) is 4.77. The van der Waals surface area contributed by atoms with Crippen LogP contribution in [0.4, 0.5) is 0 Å². The molecule has 1 N–H and O–H groups in total. The van der Waals surface area contributed by atoms with Gasteiger partial charge in [0.25, 0.3) is 0 Å². The van der Waals surface area contributed by atoms with E-state index in [1.165, 1.54) is 12.8 Å². The van der Waals surface area contributed by atoms with Crippen molar-refractivity contribution in [2.24, 2.45) is 11.8 Å². The van der Waals surface area contributed by atoms with Gasteiger partial charge in [-0.25, -0.2) is 0 Å². The first-order valence-electron chi connectivity index (χ1n) is 10.2. The van der Waals surface area contributed by atoms with Crippen molar-refractivity contribution in [3.63, 3.8) is 0 Å². The molecule has 3 heteroatoms. The second-order valence-corrected chi connectivity index (χ2v) is 8.00. The third kappa shape index (κ3) is 3.88. The van der Waals surface area contributed by atoms with Gasteiger partial charge in [-0.15, -0.1) is 6.58 Å². The molecule has 1 aromatic carbocycles. The predicted molar refractivity (Wildman–Crippen MR) is 106 cm³/mol. The molecule has 0 aromatic heterocycles. The van der Waals surface area contributed by atoms with E-state index < -0.39 is 5.41 Å². The molecule has 2 aliphatic rings. The number of rotatable bonds is 7. The zero-order valence-corrected chi connectivity index (χ0v) is 16.1. The summed E-state index contributed by atoms with van der Waals surface area (Å²) in [5.41, 5.74) is 0.683. The van der Waals surface area contributed by atoms with Gasteiger partial charge in [-0.3, -0.25) is 4.79 Å². The standard InChI is InChI=1S/C23H33NO2/c1-3-18-17-21(20(18)13-16-24-2)26-22(25)23(14-9-4-5-10-15-23)19-11-7-6-8-12-19/h3,6-8,11-12,18,20-21,24H,1,4-5,9-10,13-17H2,2H3/t18?,20?,21-/m0/s1. The number of allylic oxidation sites excluding steroid dienone is 1. The summed E-state index contributed by atoms with van der Waals surface area (Å²) in [4.78, 5) is 13.4. The van der Waals surface area contributed by atoms with E-state index >= 15 is 0 Å². The molecule has 26 heavy (non-hydrogen) atoms. The van der Waals surface area contributed by atoms with Crippen LogP contribution >= 0.6 is 0 Å². The first kappa shape index (κ1) is 19.2. The van der Waals surface area contributed by atoms with Gasteiger partial charge in [0.15, 0.2) is 0 Å². The van der Waals surface area contributed by atoms with E-state index in [1.54, 1.807) is 0 Å². The Morgan fingerprint density at radius 1 is 1.23 bits per heavy atom. The van der Waals surface area contributed by atoms with Crippen molar-refractivity contribution in [1.29, 1.82) is 0 Å². The molecule has 2 saturated carbocycles. The largest absolute Gasteiger partial charge is 0.461 e. The first-order chi connectivity index (χ1) is 12.7. The molecule has 3 nitrogen and oxygen atoms in total. The minimum Gasteiger partial charge on any atom is -0.461 e. The Bertz CT molecular complexity index is 589. The first-order valence-corrected chi connectivity index (χ1v) is 10.2. The Hall–Kier alpha value is -1.61. The van der Waals surface area contributed by atoms with Crippen LogP contribution in [0.2, 0.25) is 0 Å². The smallest absolute Gasteiger partial charge is 0.316 e. The lowest BCUT2D eigenvalue weighted by Crippen LogP contribution is -2.48. The molecule has 2 aliphatic carbocycles. The zero-order chi connectivity index (χ0) is 18.4. The molecule has 3 rings (SSSR count). The van der Waals surface area contributed by atoms with E-state index in [1.807, 2.05) is 31.3 Å². The van der Waals surface area contributed by atoms with Crippen LogP contribution in [0.15, 0.2) is 43.0 Å². The Kier molecular flexibility index (Phi) is 6.53. The van der Waals surface area contributed by atoms with Crippen molar-refractivity contribution >= 4 is 5.97 Å². The van der Waals surface area contributed by atoms with Crippen LogP contribution in [-0.4, -0.2) is 25.7 Å². The maximum atomic E-state index is 13.4. The summed E-state index contributed by atoms with van der Waals surface area (Å²) < 4.78 is 6.17. The van der Waals surface area contributed by atoms with Crippen molar-refractivity contribution in [2.75, 3.05) is 13.6 Å². The quantitative estimate of drug-likeness (QED) is 0.440. The lowest BCUT2D eigenvalue weighted by Gasteiger charge is -2.44. The van der Waals surface area contributed by atoms with Gasteiger partial charge in [0, 0.05) is 5.92 Å². The summed E-state index contributed by atoms with van der Waals surface area (Å²) in [7, 11) is 1.97. The molecule has 142 valence electrons. The molecule has 1 aromatic rings. The van der Waals surface area contributed by atoms with Crippen molar-refractivity contribution in [2.45, 2.75) is 62.9 Å². The summed E-state index contributed by atoms with van der Waals surface area (Å²) in [6, 6.07) is 10.3. The van der Waals surface area contributed by atoms with Gasteiger partial charge in [-0.2, -0.15) is 0 Å². The summed E-state index contributed by atoms with van der Waals surface area (Å²) in [6.45, 7) is 4.91. The summed E-state index contributed by atoms with van der Waals surface area (Å²) >= 11 is 0. The van der Waals surface area contributed by atoms with E-state index in [-0.39, 0.29) is 12.1 Å². The summed E-state index contributed by atoms with van der Waals surface area (Å²) in [5.74, 6) is 0.887. The van der Waals surface area contributed by atoms with Crippen LogP contribution in [0.1, 0.15) is 56.9 Å². The van der Waals surface area contributed by atoms with Gasteiger partial charge in [-0.05, 0) is 50.8 Å². The molecule has 2 unspecified atom stereocenters. The van der Waals surface area contributed by atoms with Gasteiger partial charge in [-0.1, -0.05) is 62.1 Å². The van der Waals surface area contributed by atoms with Crippen LogP contribution in [-0.2, 0) is 14.9 Å². The number of ether oxygens (including phenoxy) is 1. The fourth-order valence-corrected chi connectivity index (χ4v) is 4.77. The highest BCUT2D eigenvalue weighted by Crippen LogP contribution is 2.44. The Morgan fingerprint density at radius 3 is 2.54 bits per heavy atom. The maximum Gasteiger partial charge on any atom is 0.316 e. The molecule has 0 aliphatic heterocycles. The second-order valence-electron chi connectivity index (χ2n) is 8.00. The van der Waals surface area contributed by atoms with Gasteiger partial charge in [0.05, 0.1) is 5.41 Å².